The van der Waals surface area contributed by atoms with Gasteiger partial charge >= 0.3 is 0 Å². The van der Waals surface area contributed by atoms with Crippen LogP contribution >= 0.6 is 15.9 Å². The molecule has 1 aliphatic rings. The molecule has 3 aromatic rings. The molecule has 162 valence electrons. The van der Waals surface area contributed by atoms with Gasteiger partial charge in [0.15, 0.2) is 11.6 Å². The van der Waals surface area contributed by atoms with E-state index in [1.165, 1.54) is 17.0 Å². The monoisotopic (exact) mass is 490 g/mol. The second kappa shape index (κ2) is 9.13. The number of anilines is 1. The number of aromatic nitrogens is 2. The molecule has 1 N–H and O–H groups in total. The fourth-order valence-corrected chi connectivity index (χ4v) is 4.14. The average Bonchev–Trinajstić information content (AvgIpc) is 3.23. The fourth-order valence-electron chi connectivity index (χ4n) is 3.77. The Labute approximate surface area is 186 Å². The van der Waals surface area contributed by atoms with Crippen molar-refractivity contribution < 1.29 is 13.6 Å². The number of fused-ring (bicyclic) bond motifs is 1. The fraction of sp³-hybridized carbons (Fsp3) is 0.318. The normalized spacial score (nSPS) is 16.1. The zero-order valence-corrected chi connectivity index (χ0v) is 18.2. The Morgan fingerprint density at radius 3 is 2.84 bits per heavy atom. The van der Waals surface area contributed by atoms with Crippen LogP contribution in [-0.2, 0) is 11.3 Å². The number of hydrogen-bond acceptors (Lipinski definition) is 4. The summed E-state index contributed by atoms with van der Waals surface area (Å²) in [5.41, 5.74) is 1.07. The van der Waals surface area contributed by atoms with Gasteiger partial charge in [-0.1, -0.05) is 15.9 Å². The second-order valence-corrected chi connectivity index (χ2v) is 8.57. The van der Waals surface area contributed by atoms with E-state index in [-0.39, 0.29) is 30.3 Å². The van der Waals surface area contributed by atoms with Gasteiger partial charge in [0.2, 0.25) is 5.91 Å². The minimum absolute atomic E-state index is 0.146. The van der Waals surface area contributed by atoms with Crippen LogP contribution < -0.4 is 15.8 Å². The number of halogens is 3. The molecule has 31 heavy (non-hydrogen) atoms. The van der Waals surface area contributed by atoms with Crippen molar-refractivity contribution in [1.82, 2.24) is 14.9 Å². The third-order valence-electron chi connectivity index (χ3n) is 5.51. The molecule has 1 amide bonds. The van der Waals surface area contributed by atoms with Gasteiger partial charge in [0, 0.05) is 48.8 Å². The van der Waals surface area contributed by atoms with Gasteiger partial charge in [0.05, 0.1) is 17.2 Å². The van der Waals surface area contributed by atoms with Crippen LogP contribution in [0.25, 0.3) is 10.9 Å². The van der Waals surface area contributed by atoms with Crippen LogP contribution in [0.15, 0.2) is 52.0 Å². The Bertz CT molecular complexity index is 1180. The Balaban J connectivity index is 1.28. The molecule has 0 spiro atoms. The summed E-state index contributed by atoms with van der Waals surface area (Å²) < 4.78 is 28.8. The van der Waals surface area contributed by atoms with Gasteiger partial charge in [-0.3, -0.25) is 14.2 Å². The van der Waals surface area contributed by atoms with E-state index < -0.39 is 11.6 Å². The first-order chi connectivity index (χ1) is 14.9. The summed E-state index contributed by atoms with van der Waals surface area (Å²) in [5.74, 6) is -1.65. The van der Waals surface area contributed by atoms with Gasteiger partial charge in [-0.05, 0) is 42.7 Å². The highest BCUT2D eigenvalue weighted by molar-refractivity contribution is 9.10. The largest absolute Gasteiger partial charge is 0.371 e. The standard InChI is InChI=1S/C22H21BrF2N4O2/c23-15-1-4-20-17(9-15)22(31)29(13-27-20)8-6-21(30)26-11-14-5-7-28(12-14)16-2-3-18(24)19(25)10-16/h1-4,9-10,13-14H,5-8,11-12H2,(H,26,30). The number of carbonyl (C=O) groups is 1. The summed E-state index contributed by atoms with van der Waals surface area (Å²) in [4.78, 5) is 31.1. The number of rotatable bonds is 6. The molecule has 4 rings (SSSR count). The summed E-state index contributed by atoms with van der Waals surface area (Å²) in [6.45, 7) is 2.12. The number of aryl methyl sites for hydroxylation is 1. The van der Waals surface area contributed by atoms with Crippen LogP contribution in [-0.4, -0.2) is 35.1 Å². The van der Waals surface area contributed by atoms with Crippen molar-refractivity contribution in [2.75, 3.05) is 24.5 Å². The molecule has 0 aliphatic carbocycles. The Morgan fingerprint density at radius 1 is 1.19 bits per heavy atom. The molecule has 1 unspecified atom stereocenters. The number of nitrogens with zero attached hydrogens (tertiary/aromatic N) is 3. The van der Waals surface area contributed by atoms with E-state index in [0.717, 1.165) is 23.5 Å². The van der Waals surface area contributed by atoms with Gasteiger partial charge in [-0.15, -0.1) is 0 Å². The summed E-state index contributed by atoms with van der Waals surface area (Å²) >= 11 is 3.35. The molecular weight excluding hydrogens is 470 g/mol. The SMILES string of the molecule is O=C(CCn1cnc2ccc(Br)cc2c1=O)NCC1CCN(c2ccc(F)c(F)c2)C1. The van der Waals surface area contributed by atoms with Crippen molar-refractivity contribution in [3.05, 3.63) is 69.2 Å². The van der Waals surface area contributed by atoms with E-state index >= 15 is 0 Å². The van der Waals surface area contributed by atoms with E-state index in [9.17, 15) is 18.4 Å². The van der Waals surface area contributed by atoms with Gasteiger partial charge in [0.1, 0.15) is 0 Å². The zero-order chi connectivity index (χ0) is 22.0. The van der Waals surface area contributed by atoms with Crippen molar-refractivity contribution in [1.29, 1.82) is 0 Å². The molecule has 2 heterocycles. The summed E-state index contributed by atoms with van der Waals surface area (Å²) in [5, 5.41) is 3.41. The topological polar surface area (TPSA) is 67.2 Å². The van der Waals surface area contributed by atoms with E-state index in [2.05, 4.69) is 26.2 Å². The van der Waals surface area contributed by atoms with E-state index in [1.54, 1.807) is 18.2 Å². The lowest BCUT2D eigenvalue weighted by Crippen LogP contribution is -2.32. The number of nitrogens with one attached hydrogen (secondary N) is 1. The van der Waals surface area contributed by atoms with E-state index in [0.29, 0.717) is 29.7 Å². The first kappa shape index (κ1) is 21.4. The average molecular weight is 491 g/mol. The van der Waals surface area contributed by atoms with Crippen molar-refractivity contribution in [3.63, 3.8) is 0 Å². The van der Waals surface area contributed by atoms with Crippen LogP contribution in [0.5, 0.6) is 0 Å². The minimum atomic E-state index is -0.861. The lowest BCUT2D eigenvalue weighted by Gasteiger charge is -2.19. The Kier molecular flexibility index (Phi) is 6.31. The van der Waals surface area contributed by atoms with Crippen molar-refractivity contribution in [3.8, 4) is 0 Å². The third kappa shape index (κ3) is 4.92. The molecule has 0 saturated carbocycles. The van der Waals surface area contributed by atoms with Crippen molar-refractivity contribution in [2.24, 2.45) is 5.92 Å². The quantitative estimate of drug-likeness (QED) is 0.574. The van der Waals surface area contributed by atoms with Crippen molar-refractivity contribution >= 4 is 38.4 Å². The van der Waals surface area contributed by atoms with Crippen LogP contribution in [0, 0.1) is 17.6 Å². The number of carbonyl (C=O) groups excluding carboxylic acids is 1. The lowest BCUT2D eigenvalue weighted by atomic mass is 10.1. The molecule has 1 atom stereocenters. The highest BCUT2D eigenvalue weighted by atomic mass is 79.9. The summed E-state index contributed by atoms with van der Waals surface area (Å²) in [7, 11) is 0. The predicted molar refractivity (Wildman–Crippen MR) is 118 cm³/mol. The van der Waals surface area contributed by atoms with Gasteiger partial charge in [-0.25, -0.2) is 13.8 Å². The second-order valence-electron chi connectivity index (χ2n) is 7.66. The van der Waals surface area contributed by atoms with Gasteiger partial charge in [0.25, 0.3) is 5.56 Å². The maximum Gasteiger partial charge on any atom is 0.261 e. The third-order valence-corrected chi connectivity index (χ3v) is 6.00. The maximum atomic E-state index is 13.5. The highest BCUT2D eigenvalue weighted by Crippen LogP contribution is 2.25. The number of hydrogen-bond donors (Lipinski definition) is 1. The molecular formula is C22H21BrF2N4O2. The smallest absolute Gasteiger partial charge is 0.261 e. The molecule has 0 bridgehead atoms. The van der Waals surface area contributed by atoms with Crippen LogP contribution in [0.4, 0.5) is 14.5 Å². The number of benzene rings is 2. The first-order valence-electron chi connectivity index (χ1n) is 10.0. The molecule has 6 nitrogen and oxygen atoms in total. The molecule has 9 heteroatoms. The molecule has 1 aromatic heterocycles. The Morgan fingerprint density at radius 2 is 2.03 bits per heavy atom. The minimum Gasteiger partial charge on any atom is -0.371 e. The maximum absolute atomic E-state index is 13.5. The molecule has 2 aromatic carbocycles. The lowest BCUT2D eigenvalue weighted by molar-refractivity contribution is -0.121. The zero-order valence-electron chi connectivity index (χ0n) is 16.7. The molecule has 1 aliphatic heterocycles. The van der Waals surface area contributed by atoms with Crippen molar-refractivity contribution in [2.45, 2.75) is 19.4 Å². The van der Waals surface area contributed by atoms with Gasteiger partial charge in [-0.2, -0.15) is 0 Å². The van der Waals surface area contributed by atoms with E-state index in [4.69, 9.17) is 0 Å². The first-order valence-corrected chi connectivity index (χ1v) is 10.8. The summed E-state index contributed by atoms with van der Waals surface area (Å²) in [6.07, 6.45) is 2.48. The van der Waals surface area contributed by atoms with Crippen LogP contribution in [0.3, 0.4) is 0 Å². The van der Waals surface area contributed by atoms with E-state index in [1.807, 2.05) is 11.0 Å². The van der Waals surface area contributed by atoms with Crippen LogP contribution in [0.1, 0.15) is 12.8 Å². The predicted octanol–water partition coefficient (Wildman–Crippen LogP) is 3.47. The Hall–Kier alpha value is -2.81. The molecule has 1 saturated heterocycles. The highest BCUT2D eigenvalue weighted by Gasteiger charge is 2.23. The van der Waals surface area contributed by atoms with Crippen LogP contribution in [0.2, 0.25) is 0 Å². The molecule has 1 fully saturated rings. The molecule has 0 radical (unpaired) electrons. The summed E-state index contributed by atoms with van der Waals surface area (Å²) in [6, 6.07) is 9.20. The number of amides is 1. The van der Waals surface area contributed by atoms with Gasteiger partial charge < -0.3 is 10.2 Å².